The number of hydrogen-bond acceptors (Lipinski definition) is 6. The number of carbonyl (C=O) groups is 1. The number of thiazole rings is 1. The minimum atomic E-state index is -0.227. The van der Waals surface area contributed by atoms with Crippen LogP contribution in [0.1, 0.15) is 29.9 Å². The summed E-state index contributed by atoms with van der Waals surface area (Å²) in [6.07, 6.45) is 1.67. The Labute approximate surface area is 162 Å². The third-order valence-electron chi connectivity index (χ3n) is 3.72. The van der Waals surface area contributed by atoms with E-state index in [2.05, 4.69) is 15.3 Å². The van der Waals surface area contributed by atoms with Crippen molar-refractivity contribution in [2.75, 3.05) is 13.2 Å². The first-order chi connectivity index (χ1) is 13.2. The normalized spacial score (nSPS) is 10.4. The fourth-order valence-corrected chi connectivity index (χ4v) is 3.27. The number of amides is 1. The molecule has 3 rings (SSSR count). The van der Waals surface area contributed by atoms with Crippen molar-refractivity contribution in [1.82, 2.24) is 15.3 Å². The zero-order chi connectivity index (χ0) is 19.1. The van der Waals surface area contributed by atoms with Crippen LogP contribution in [-0.4, -0.2) is 29.1 Å². The van der Waals surface area contributed by atoms with Crippen molar-refractivity contribution in [2.45, 2.75) is 20.4 Å². The second-order valence-corrected chi connectivity index (χ2v) is 6.44. The molecule has 0 atom stereocenters. The second-order valence-electron chi connectivity index (χ2n) is 5.58. The van der Waals surface area contributed by atoms with Crippen LogP contribution in [0.4, 0.5) is 0 Å². The molecule has 0 aliphatic heterocycles. The van der Waals surface area contributed by atoms with Crippen molar-refractivity contribution in [3.8, 4) is 22.2 Å². The van der Waals surface area contributed by atoms with E-state index in [0.717, 1.165) is 21.9 Å². The third-order valence-corrected chi connectivity index (χ3v) is 4.61. The van der Waals surface area contributed by atoms with E-state index in [1.165, 1.54) is 11.3 Å². The number of benzene rings is 1. The van der Waals surface area contributed by atoms with Crippen molar-refractivity contribution in [2.24, 2.45) is 0 Å². The van der Waals surface area contributed by atoms with E-state index in [1.807, 2.05) is 50.2 Å². The SMILES string of the molecule is CCOc1ccc(-c2nc(C(=O)NCc3cccnc3OCC)cs2)cc1. The Hall–Kier alpha value is -2.93. The highest BCUT2D eigenvalue weighted by Crippen LogP contribution is 2.26. The van der Waals surface area contributed by atoms with E-state index in [9.17, 15) is 4.79 Å². The number of rotatable bonds is 8. The van der Waals surface area contributed by atoms with Gasteiger partial charge >= 0.3 is 0 Å². The number of hydrogen-bond donors (Lipinski definition) is 1. The molecule has 27 heavy (non-hydrogen) atoms. The number of ether oxygens (including phenoxy) is 2. The summed E-state index contributed by atoms with van der Waals surface area (Å²) >= 11 is 1.43. The number of nitrogens with one attached hydrogen (secondary N) is 1. The molecule has 140 valence electrons. The Morgan fingerprint density at radius 3 is 2.63 bits per heavy atom. The minimum absolute atomic E-state index is 0.227. The van der Waals surface area contributed by atoms with Gasteiger partial charge in [0.15, 0.2) is 0 Å². The van der Waals surface area contributed by atoms with Crippen LogP contribution in [0.25, 0.3) is 10.6 Å². The van der Waals surface area contributed by atoms with Gasteiger partial charge in [0.25, 0.3) is 5.91 Å². The van der Waals surface area contributed by atoms with Gasteiger partial charge in [0.05, 0.1) is 13.2 Å². The molecule has 0 radical (unpaired) electrons. The van der Waals surface area contributed by atoms with Crippen molar-refractivity contribution in [3.63, 3.8) is 0 Å². The summed E-state index contributed by atoms with van der Waals surface area (Å²) in [4.78, 5) is 21.1. The smallest absolute Gasteiger partial charge is 0.271 e. The van der Waals surface area contributed by atoms with Crippen LogP contribution in [0.5, 0.6) is 11.6 Å². The van der Waals surface area contributed by atoms with Crippen molar-refractivity contribution in [3.05, 3.63) is 59.2 Å². The molecular formula is C20H21N3O3S. The van der Waals surface area contributed by atoms with Crippen LogP contribution in [0.3, 0.4) is 0 Å². The van der Waals surface area contributed by atoms with Gasteiger partial charge in [0, 0.05) is 29.2 Å². The van der Waals surface area contributed by atoms with E-state index in [0.29, 0.717) is 31.3 Å². The van der Waals surface area contributed by atoms with Crippen LogP contribution >= 0.6 is 11.3 Å². The van der Waals surface area contributed by atoms with Gasteiger partial charge in [-0.15, -0.1) is 11.3 Å². The summed E-state index contributed by atoms with van der Waals surface area (Å²) in [5.74, 6) is 1.13. The average Bonchev–Trinajstić information content (AvgIpc) is 3.18. The number of aromatic nitrogens is 2. The summed E-state index contributed by atoms with van der Waals surface area (Å²) in [6, 6.07) is 11.4. The fraction of sp³-hybridized carbons (Fsp3) is 0.250. The highest BCUT2D eigenvalue weighted by Gasteiger charge is 2.13. The molecule has 3 aromatic rings. The summed E-state index contributed by atoms with van der Waals surface area (Å²) in [6.45, 7) is 5.33. The monoisotopic (exact) mass is 383 g/mol. The topological polar surface area (TPSA) is 73.3 Å². The standard InChI is InChI=1S/C20H21N3O3S/c1-3-25-16-9-7-14(8-10-16)20-23-17(13-27-20)18(24)22-12-15-6-5-11-21-19(15)26-4-2/h5-11,13H,3-4,12H2,1-2H3,(H,22,24). The first kappa shape index (κ1) is 18.8. The number of nitrogens with zero attached hydrogens (tertiary/aromatic N) is 2. The molecule has 0 bridgehead atoms. The highest BCUT2D eigenvalue weighted by molar-refractivity contribution is 7.13. The molecule has 0 aliphatic rings. The molecule has 0 aliphatic carbocycles. The molecule has 1 aromatic carbocycles. The van der Waals surface area contributed by atoms with E-state index in [4.69, 9.17) is 9.47 Å². The van der Waals surface area contributed by atoms with Crippen molar-refractivity contribution < 1.29 is 14.3 Å². The van der Waals surface area contributed by atoms with Crippen LogP contribution < -0.4 is 14.8 Å². The van der Waals surface area contributed by atoms with Gasteiger partial charge in [-0.25, -0.2) is 9.97 Å². The Morgan fingerprint density at radius 2 is 1.89 bits per heavy atom. The molecule has 0 saturated heterocycles. The summed E-state index contributed by atoms with van der Waals surface area (Å²) in [7, 11) is 0. The predicted molar refractivity (Wildman–Crippen MR) is 105 cm³/mol. The quantitative estimate of drug-likeness (QED) is 0.638. The molecular weight excluding hydrogens is 362 g/mol. The van der Waals surface area contributed by atoms with Gasteiger partial charge in [-0.2, -0.15) is 0 Å². The van der Waals surface area contributed by atoms with E-state index in [1.54, 1.807) is 11.6 Å². The first-order valence-corrected chi connectivity index (χ1v) is 9.62. The van der Waals surface area contributed by atoms with Gasteiger partial charge < -0.3 is 14.8 Å². The summed E-state index contributed by atoms with van der Waals surface area (Å²) in [5, 5.41) is 5.42. The van der Waals surface area contributed by atoms with E-state index < -0.39 is 0 Å². The van der Waals surface area contributed by atoms with Crippen LogP contribution in [0.15, 0.2) is 48.0 Å². The Bertz CT molecular complexity index is 893. The molecule has 0 fully saturated rings. The summed E-state index contributed by atoms with van der Waals surface area (Å²) in [5.41, 5.74) is 2.17. The molecule has 0 spiro atoms. The molecule has 6 nitrogen and oxygen atoms in total. The lowest BCUT2D eigenvalue weighted by atomic mass is 10.2. The Morgan fingerprint density at radius 1 is 1.11 bits per heavy atom. The van der Waals surface area contributed by atoms with Gasteiger partial charge in [-0.05, 0) is 44.2 Å². The van der Waals surface area contributed by atoms with Crippen LogP contribution in [0, 0.1) is 0 Å². The lowest BCUT2D eigenvalue weighted by molar-refractivity contribution is 0.0946. The van der Waals surface area contributed by atoms with Crippen LogP contribution in [-0.2, 0) is 6.54 Å². The maximum Gasteiger partial charge on any atom is 0.271 e. The predicted octanol–water partition coefficient (Wildman–Crippen LogP) is 3.93. The molecule has 1 N–H and O–H groups in total. The van der Waals surface area contributed by atoms with E-state index >= 15 is 0 Å². The maximum atomic E-state index is 12.4. The average molecular weight is 383 g/mol. The minimum Gasteiger partial charge on any atom is -0.494 e. The summed E-state index contributed by atoms with van der Waals surface area (Å²) < 4.78 is 10.9. The number of carbonyl (C=O) groups excluding carboxylic acids is 1. The fourth-order valence-electron chi connectivity index (χ4n) is 2.46. The van der Waals surface area contributed by atoms with E-state index in [-0.39, 0.29) is 5.91 Å². The molecule has 2 aromatic heterocycles. The molecule has 1 amide bonds. The Kier molecular flexibility index (Phi) is 6.38. The molecule has 0 saturated carbocycles. The molecule has 7 heteroatoms. The zero-order valence-corrected chi connectivity index (χ0v) is 16.1. The van der Waals surface area contributed by atoms with Gasteiger partial charge in [0.2, 0.25) is 5.88 Å². The first-order valence-electron chi connectivity index (χ1n) is 8.75. The maximum absolute atomic E-state index is 12.4. The second kappa shape index (κ2) is 9.14. The molecule has 2 heterocycles. The third kappa shape index (κ3) is 4.83. The largest absolute Gasteiger partial charge is 0.494 e. The van der Waals surface area contributed by atoms with Gasteiger partial charge in [-0.1, -0.05) is 6.07 Å². The molecule has 0 unspecified atom stereocenters. The van der Waals surface area contributed by atoms with Crippen molar-refractivity contribution >= 4 is 17.2 Å². The van der Waals surface area contributed by atoms with Crippen molar-refractivity contribution in [1.29, 1.82) is 0 Å². The van der Waals surface area contributed by atoms with Gasteiger partial charge in [-0.3, -0.25) is 4.79 Å². The Balaban J connectivity index is 1.65. The van der Waals surface area contributed by atoms with Gasteiger partial charge in [0.1, 0.15) is 16.5 Å². The number of pyridine rings is 1. The zero-order valence-electron chi connectivity index (χ0n) is 15.3. The lowest BCUT2D eigenvalue weighted by Gasteiger charge is -2.09. The highest BCUT2D eigenvalue weighted by atomic mass is 32.1. The lowest BCUT2D eigenvalue weighted by Crippen LogP contribution is -2.23. The van der Waals surface area contributed by atoms with Crippen LogP contribution in [0.2, 0.25) is 0 Å².